The minimum atomic E-state index is -3.70. The minimum absolute atomic E-state index is 0.0675. The molecule has 0 aliphatic carbocycles. The van der Waals surface area contributed by atoms with Crippen LogP contribution < -0.4 is 9.62 Å². The van der Waals surface area contributed by atoms with Gasteiger partial charge < -0.3 is 5.32 Å². The monoisotopic (exact) mass is 447 g/mol. The van der Waals surface area contributed by atoms with E-state index < -0.39 is 15.9 Å². The number of hydrogen-bond acceptors (Lipinski definition) is 5. The predicted octanol–water partition coefficient (Wildman–Crippen LogP) is 2.71. The van der Waals surface area contributed by atoms with Crippen LogP contribution in [0.4, 0.5) is 10.1 Å². The van der Waals surface area contributed by atoms with Gasteiger partial charge in [0.05, 0.1) is 17.5 Å². The highest BCUT2D eigenvalue weighted by Crippen LogP contribution is 2.26. The average molecular weight is 448 g/mol. The molecule has 1 saturated heterocycles. The van der Waals surface area contributed by atoms with E-state index >= 15 is 0 Å². The molecule has 0 spiro atoms. The summed E-state index contributed by atoms with van der Waals surface area (Å²) >= 11 is 0. The summed E-state index contributed by atoms with van der Waals surface area (Å²) in [7, 11) is -3.70. The fourth-order valence-electron chi connectivity index (χ4n) is 3.74. The number of rotatable bonds is 8. The van der Waals surface area contributed by atoms with Gasteiger partial charge in [0.2, 0.25) is 15.9 Å². The van der Waals surface area contributed by atoms with Gasteiger partial charge in [0.25, 0.3) is 5.91 Å². The van der Waals surface area contributed by atoms with E-state index in [9.17, 15) is 22.4 Å². The first kappa shape index (κ1) is 22.9. The van der Waals surface area contributed by atoms with E-state index in [1.807, 2.05) is 13.8 Å². The van der Waals surface area contributed by atoms with Gasteiger partial charge in [-0.15, -0.1) is 0 Å². The lowest BCUT2D eigenvalue weighted by molar-refractivity contribution is -0.116. The molecule has 2 aromatic rings. The van der Waals surface area contributed by atoms with Gasteiger partial charge in [-0.05, 0) is 49.0 Å². The number of benzene rings is 2. The third-order valence-electron chi connectivity index (χ3n) is 5.39. The molecule has 0 radical (unpaired) electrons. The molecule has 1 atom stereocenters. The van der Waals surface area contributed by atoms with Gasteiger partial charge in [-0.2, -0.15) is 0 Å². The highest BCUT2D eigenvalue weighted by atomic mass is 32.2. The molecule has 2 amide bonds. The zero-order valence-electron chi connectivity index (χ0n) is 17.5. The van der Waals surface area contributed by atoms with Gasteiger partial charge in [-0.25, -0.2) is 17.1 Å². The summed E-state index contributed by atoms with van der Waals surface area (Å²) < 4.78 is 38.4. The molecule has 166 valence electrons. The third-order valence-corrected chi connectivity index (χ3v) is 7.08. The van der Waals surface area contributed by atoms with Crippen molar-refractivity contribution in [2.45, 2.75) is 26.3 Å². The lowest BCUT2D eigenvalue weighted by atomic mass is 10.0. The third kappa shape index (κ3) is 5.11. The van der Waals surface area contributed by atoms with Gasteiger partial charge in [-0.1, -0.05) is 32.0 Å². The van der Waals surface area contributed by atoms with Crippen LogP contribution in [0.3, 0.4) is 0 Å². The Hall–Kier alpha value is -2.78. The van der Waals surface area contributed by atoms with Crippen molar-refractivity contribution in [2.24, 2.45) is 0 Å². The zero-order chi connectivity index (χ0) is 22.6. The van der Waals surface area contributed by atoms with Gasteiger partial charge in [0, 0.05) is 18.5 Å². The Bertz CT molecular complexity index is 1050. The first-order valence-electron chi connectivity index (χ1n) is 10.2. The molecular formula is C22H26FN3O4S. The fraction of sp³-hybridized carbons (Fsp3) is 0.364. The first-order chi connectivity index (χ1) is 14.8. The molecule has 1 unspecified atom stereocenters. The van der Waals surface area contributed by atoms with Crippen molar-refractivity contribution in [3.63, 3.8) is 0 Å². The standard InChI is InChI=1S/C22H26FN3O4S/c1-3-25(4-2)20(16-8-10-18(23)11-9-16)15-24-22(28)17-6-5-7-19(14-17)26-21(27)12-13-31(26,29)30/h5-11,14,20H,3-4,12-13,15H2,1-2H3,(H,24,28). The number of carbonyl (C=O) groups excluding carboxylic acids is 2. The van der Waals surface area contributed by atoms with E-state index in [0.29, 0.717) is 0 Å². The topological polar surface area (TPSA) is 86.8 Å². The Morgan fingerprint density at radius 2 is 1.84 bits per heavy atom. The van der Waals surface area contributed by atoms with Crippen LogP contribution >= 0.6 is 0 Å². The highest BCUT2D eigenvalue weighted by molar-refractivity contribution is 7.94. The zero-order valence-corrected chi connectivity index (χ0v) is 18.4. The second-order valence-corrected chi connectivity index (χ2v) is 9.21. The maximum Gasteiger partial charge on any atom is 0.251 e. The molecule has 0 bridgehead atoms. The first-order valence-corrected chi connectivity index (χ1v) is 11.8. The molecule has 31 heavy (non-hydrogen) atoms. The Balaban J connectivity index is 1.78. The van der Waals surface area contributed by atoms with E-state index in [1.165, 1.54) is 24.3 Å². The predicted molar refractivity (Wildman–Crippen MR) is 117 cm³/mol. The average Bonchev–Trinajstić information content (AvgIpc) is 3.04. The van der Waals surface area contributed by atoms with Crippen LogP contribution in [-0.2, 0) is 14.8 Å². The van der Waals surface area contributed by atoms with Gasteiger partial charge in [0.15, 0.2) is 0 Å². The molecule has 1 fully saturated rings. The summed E-state index contributed by atoms with van der Waals surface area (Å²) in [5, 5.41) is 2.88. The molecule has 1 heterocycles. The molecule has 3 rings (SSSR count). The summed E-state index contributed by atoms with van der Waals surface area (Å²) in [5.74, 6) is -1.44. The van der Waals surface area contributed by atoms with E-state index in [1.54, 1.807) is 24.3 Å². The van der Waals surface area contributed by atoms with Crippen LogP contribution in [-0.4, -0.2) is 50.5 Å². The smallest absolute Gasteiger partial charge is 0.251 e. The Morgan fingerprint density at radius 3 is 2.42 bits per heavy atom. The number of amides is 2. The van der Waals surface area contributed by atoms with Crippen LogP contribution in [0.5, 0.6) is 0 Å². The van der Waals surface area contributed by atoms with Crippen LogP contribution in [0.1, 0.15) is 42.2 Å². The number of likely N-dealkylation sites (N-methyl/N-ethyl adjacent to an activating group) is 1. The molecule has 7 nitrogen and oxygen atoms in total. The number of carbonyl (C=O) groups is 2. The van der Waals surface area contributed by atoms with Crippen molar-refractivity contribution in [2.75, 3.05) is 29.7 Å². The van der Waals surface area contributed by atoms with Gasteiger partial charge in [0.1, 0.15) is 5.82 Å². The summed E-state index contributed by atoms with van der Waals surface area (Å²) in [6.07, 6.45) is -0.0675. The molecule has 0 saturated carbocycles. The maximum atomic E-state index is 13.3. The minimum Gasteiger partial charge on any atom is -0.350 e. The summed E-state index contributed by atoms with van der Waals surface area (Å²) in [4.78, 5) is 27.0. The fourth-order valence-corrected chi connectivity index (χ4v) is 5.19. The molecule has 0 aromatic heterocycles. The SMILES string of the molecule is CCN(CC)C(CNC(=O)c1cccc(N2C(=O)CCS2(=O)=O)c1)c1ccc(F)cc1. The number of nitrogens with zero attached hydrogens (tertiary/aromatic N) is 2. The molecular weight excluding hydrogens is 421 g/mol. The largest absolute Gasteiger partial charge is 0.350 e. The molecule has 1 aliphatic rings. The maximum absolute atomic E-state index is 13.3. The summed E-state index contributed by atoms with van der Waals surface area (Å²) in [5.41, 5.74) is 1.30. The number of hydrogen-bond donors (Lipinski definition) is 1. The molecule has 1 N–H and O–H groups in total. The second-order valence-electron chi connectivity index (χ2n) is 7.27. The second kappa shape index (κ2) is 9.57. The molecule has 2 aromatic carbocycles. The quantitative estimate of drug-likeness (QED) is 0.672. The molecule has 1 aliphatic heterocycles. The van der Waals surface area contributed by atoms with E-state index in [2.05, 4.69) is 10.2 Å². The van der Waals surface area contributed by atoms with Crippen molar-refractivity contribution < 1.29 is 22.4 Å². The van der Waals surface area contributed by atoms with Crippen molar-refractivity contribution in [3.05, 3.63) is 65.5 Å². The summed E-state index contributed by atoms with van der Waals surface area (Å²) in [6.45, 7) is 5.81. The molecule has 9 heteroatoms. The van der Waals surface area contributed by atoms with Gasteiger partial charge >= 0.3 is 0 Å². The number of halogens is 1. The van der Waals surface area contributed by atoms with Crippen molar-refractivity contribution in [1.82, 2.24) is 10.2 Å². The van der Waals surface area contributed by atoms with Crippen molar-refractivity contribution >= 4 is 27.5 Å². The van der Waals surface area contributed by atoms with Crippen LogP contribution in [0.2, 0.25) is 0 Å². The summed E-state index contributed by atoms with van der Waals surface area (Å²) in [6, 6.07) is 12.1. The van der Waals surface area contributed by atoms with E-state index in [0.717, 1.165) is 23.0 Å². The van der Waals surface area contributed by atoms with Crippen LogP contribution in [0.25, 0.3) is 0 Å². The van der Waals surface area contributed by atoms with E-state index in [-0.39, 0.29) is 47.7 Å². The van der Waals surface area contributed by atoms with Crippen LogP contribution in [0, 0.1) is 5.82 Å². The highest BCUT2D eigenvalue weighted by Gasteiger charge is 2.36. The van der Waals surface area contributed by atoms with E-state index in [4.69, 9.17) is 0 Å². The van der Waals surface area contributed by atoms with Gasteiger partial charge in [-0.3, -0.25) is 14.5 Å². The Labute approximate surface area is 181 Å². The normalized spacial score (nSPS) is 16.5. The number of anilines is 1. The lowest BCUT2D eigenvalue weighted by Crippen LogP contribution is -2.38. The number of sulfonamides is 1. The van der Waals surface area contributed by atoms with Crippen molar-refractivity contribution in [3.8, 4) is 0 Å². The Morgan fingerprint density at radius 1 is 1.16 bits per heavy atom. The Kier molecular flexibility index (Phi) is 7.07. The number of nitrogens with one attached hydrogen (secondary N) is 1. The van der Waals surface area contributed by atoms with Crippen LogP contribution in [0.15, 0.2) is 48.5 Å². The lowest BCUT2D eigenvalue weighted by Gasteiger charge is -2.30. The van der Waals surface area contributed by atoms with Crippen molar-refractivity contribution in [1.29, 1.82) is 0 Å².